The number of carbonyl (C=O) groups is 2. The van der Waals surface area contributed by atoms with Crippen LogP contribution in [0.5, 0.6) is 0 Å². The molecule has 0 heterocycles. The molecule has 2 rings (SSSR count). The molecular weight excluding hydrogens is 266 g/mol. The lowest BCUT2D eigenvalue weighted by molar-refractivity contribution is -0.165. The Morgan fingerprint density at radius 1 is 1.10 bits per heavy atom. The maximum absolute atomic E-state index is 9.77. The van der Waals surface area contributed by atoms with Crippen LogP contribution >= 0.6 is 0 Å². The normalized spacial score (nSPS) is 19.2. The van der Waals surface area contributed by atoms with E-state index in [1.165, 1.54) is 11.1 Å². The Kier molecular flexibility index (Phi) is 5.63. The second-order valence-corrected chi connectivity index (χ2v) is 4.41. The van der Waals surface area contributed by atoms with Crippen LogP contribution in [0.15, 0.2) is 24.3 Å². The number of hydrogen-bond acceptors (Lipinski definition) is 5. The minimum absolute atomic E-state index is 0.302. The predicted octanol–water partition coefficient (Wildman–Crippen LogP) is -0.490. The van der Waals surface area contributed by atoms with E-state index in [0.29, 0.717) is 6.04 Å². The van der Waals surface area contributed by atoms with Gasteiger partial charge in [-0.2, -0.15) is 0 Å². The van der Waals surface area contributed by atoms with E-state index in [2.05, 4.69) is 24.3 Å². The topological polar surface area (TPSA) is 141 Å². The highest BCUT2D eigenvalue weighted by Gasteiger charge is 2.29. The van der Waals surface area contributed by atoms with Crippen molar-refractivity contribution < 1.29 is 30.0 Å². The number of rotatable bonds is 3. The van der Waals surface area contributed by atoms with Gasteiger partial charge in [0.25, 0.3) is 0 Å². The molecule has 1 aromatic carbocycles. The predicted molar refractivity (Wildman–Crippen MR) is 69.0 cm³/mol. The SMILES string of the molecule is NC1CCc2ccccc21.O=C(O)C(O)C(O)C(=O)O. The number of aliphatic hydroxyl groups excluding tert-OH is 2. The highest BCUT2D eigenvalue weighted by molar-refractivity contribution is 5.83. The van der Waals surface area contributed by atoms with Crippen LogP contribution in [0.25, 0.3) is 0 Å². The Balaban J connectivity index is 0.000000200. The van der Waals surface area contributed by atoms with Gasteiger partial charge in [-0.1, -0.05) is 24.3 Å². The first-order valence-corrected chi connectivity index (χ1v) is 5.99. The molecule has 6 N–H and O–H groups in total. The number of aryl methyl sites for hydroxylation is 1. The highest BCUT2D eigenvalue weighted by atomic mass is 16.4. The number of nitrogens with two attached hydrogens (primary N) is 1. The number of benzene rings is 1. The third-order valence-electron chi connectivity index (χ3n) is 2.98. The molecule has 0 spiro atoms. The molecule has 1 aliphatic rings. The summed E-state index contributed by atoms with van der Waals surface area (Å²) in [6, 6.07) is 8.74. The van der Waals surface area contributed by atoms with E-state index in [0.717, 1.165) is 12.8 Å². The molecule has 3 unspecified atom stereocenters. The monoisotopic (exact) mass is 283 g/mol. The van der Waals surface area contributed by atoms with Crippen LogP contribution in [0.2, 0.25) is 0 Å². The van der Waals surface area contributed by atoms with Gasteiger partial charge in [0.2, 0.25) is 0 Å². The van der Waals surface area contributed by atoms with Crippen LogP contribution in [0.4, 0.5) is 0 Å². The van der Waals surface area contributed by atoms with E-state index < -0.39 is 24.1 Å². The van der Waals surface area contributed by atoms with E-state index >= 15 is 0 Å². The van der Waals surface area contributed by atoms with Crippen molar-refractivity contribution >= 4 is 11.9 Å². The van der Waals surface area contributed by atoms with Crippen molar-refractivity contribution in [1.82, 2.24) is 0 Å². The molecule has 7 heteroatoms. The quantitative estimate of drug-likeness (QED) is 0.504. The average Bonchev–Trinajstić information content (AvgIpc) is 2.80. The molecule has 0 saturated heterocycles. The maximum atomic E-state index is 9.77. The van der Waals surface area contributed by atoms with Crippen LogP contribution in [0, 0.1) is 0 Å². The molecule has 0 fully saturated rings. The molecule has 20 heavy (non-hydrogen) atoms. The van der Waals surface area contributed by atoms with Crippen LogP contribution in [0.1, 0.15) is 23.6 Å². The Bertz CT molecular complexity index is 472. The van der Waals surface area contributed by atoms with Gasteiger partial charge in [0, 0.05) is 6.04 Å². The minimum Gasteiger partial charge on any atom is -0.479 e. The number of fused-ring (bicyclic) bond motifs is 1. The summed E-state index contributed by atoms with van der Waals surface area (Å²) in [7, 11) is 0. The van der Waals surface area contributed by atoms with Crippen molar-refractivity contribution in [1.29, 1.82) is 0 Å². The Morgan fingerprint density at radius 2 is 1.60 bits per heavy atom. The largest absolute Gasteiger partial charge is 0.479 e. The Labute approximate surface area is 115 Å². The van der Waals surface area contributed by atoms with Gasteiger partial charge < -0.3 is 26.2 Å². The molecule has 0 saturated carbocycles. The van der Waals surface area contributed by atoms with Gasteiger partial charge in [-0.3, -0.25) is 0 Å². The van der Waals surface area contributed by atoms with Crippen LogP contribution < -0.4 is 5.73 Å². The molecule has 0 aliphatic heterocycles. The fourth-order valence-electron chi connectivity index (χ4n) is 1.86. The molecule has 0 amide bonds. The van der Waals surface area contributed by atoms with Crippen molar-refractivity contribution in [3.05, 3.63) is 35.4 Å². The first kappa shape index (κ1) is 16.1. The van der Waals surface area contributed by atoms with Gasteiger partial charge in [-0.25, -0.2) is 9.59 Å². The zero-order valence-corrected chi connectivity index (χ0v) is 10.6. The Hall–Kier alpha value is -1.96. The summed E-state index contributed by atoms with van der Waals surface area (Å²) in [5.74, 6) is -3.54. The Morgan fingerprint density at radius 3 is 2.05 bits per heavy atom. The van der Waals surface area contributed by atoms with Gasteiger partial charge in [-0.05, 0) is 24.0 Å². The molecule has 0 aromatic heterocycles. The van der Waals surface area contributed by atoms with Crippen molar-refractivity contribution in [2.24, 2.45) is 5.73 Å². The first-order valence-electron chi connectivity index (χ1n) is 5.99. The fourth-order valence-corrected chi connectivity index (χ4v) is 1.86. The summed E-state index contributed by atoms with van der Waals surface area (Å²) in [6.07, 6.45) is -2.24. The third-order valence-corrected chi connectivity index (χ3v) is 2.98. The summed E-state index contributed by atoms with van der Waals surface area (Å²) in [5, 5.41) is 32.5. The van der Waals surface area contributed by atoms with E-state index in [1.54, 1.807) is 0 Å². The summed E-state index contributed by atoms with van der Waals surface area (Å²) >= 11 is 0. The first-order chi connectivity index (χ1) is 9.34. The van der Waals surface area contributed by atoms with E-state index in [1.807, 2.05) is 0 Å². The molecule has 1 aromatic rings. The van der Waals surface area contributed by atoms with Crippen LogP contribution in [-0.2, 0) is 16.0 Å². The molecular formula is C13H17NO6. The lowest BCUT2D eigenvalue weighted by atomic mass is 10.1. The van der Waals surface area contributed by atoms with E-state index in [9.17, 15) is 9.59 Å². The molecule has 0 bridgehead atoms. The summed E-state index contributed by atoms with van der Waals surface area (Å²) < 4.78 is 0. The lowest BCUT2D eigenvalue weighted by Crippen LogP contribution is -2.39. The summed E-state index contributed by atoms with van der Waals surface area (Å²) in [4.78, 5) is 19.5. The van der Waals surface area contributed by atoms with E-state index in [4.69, 9.17) is 26.2 Å². The van der Waals surface area contributed by atoms with Crippen LogP contribution in [-0.4, -0.2) is 44.6 Å². The smallest absolute Gasteiger partial charge is 0.335 e. The zero-order valence-electron chi connectivity index (χ0n) is 10.6. The second-order valence-electron chi connectivity index (χ2n) is 4.41. The maximum Gasteiger partial charge on any atom is 0.335 e. The number of aliphatic hydroxyl groups is 2. The highest BCUT2D eigenvalue weighted by Crippen LogP contribution is 2.28. The number of carboxylic acids is 2. The van der Waals surface area contributed by atoms with Crippen molar-refractivity contribution in [2.45, 2.75) is 31.1 Å². The van der Waals surface area contributed by atoms with Crippen molar-refractivity contribution in [3.8, 4) is 0 Å². The fraction of sp³-hybridized carbons (Fsp3) is 0.385. The number of aliphatic carboxylic acids is 2. The lowest BCUT2D eigenvalue weighted by Gasteiger charge is -2.07. The second kappa shape index (κ2) is 6.99. The number of carboxylic acid groups (broad SMARTS) is 2. The summed E-state index contributed by atoms with van der Waals surface area (Å²) in [5.41, 5.74) is 8.64. The molecule has 3 atom stereocenters. The molecule has 0 radical (unpaired) electrons. The van der Waals surface area contributed by atoms with Gasteiger partial charge in [-0.15, -0.1) is 0 Å². The summed E-state index contributed by atoms with van der Waals surface area (Å²) in [6.45, 7) is 0. The average molecular weight is 283 g/mol. The number of hydrogen-bond donors (Lipinski definition) is 5. The van der Waals surface area contributed by atoms with Crippen molar-refractivity contribution in [2.75, 3.05) is 0 Å². The third kappa shape index (κ3) is 4.02. The molecule has 1 aliphatic carbocycles. The van der Waals surface area contributed by atoms with Gasteiger partial charge in [0.1, 0.15) is 0 Å². The molecule has 7 nitrogen and oxygen atoms in total. The van der Waals surface area contributed by atoms with Crippen molar-refractivity contribution in [3.63, 3.8) is 0 Å². The minimum atomic E-state index is -2.27. The van der Waals surface area contributed by atoms with Gasteiger partial charge >= 0.3 is 11.9 Å². The van der Waals surface area contributed by atoms with E-state index in [-0.39, 0.29) is 0 Å². The van der Waals surface area contributed by atoms with Gasteiger partial charge in [0.05, 0.1) is 0 Å². The van der Waals surface area contributed by atoms with Crippen LogP contribution in [0.3, 0.4) is 0 Å². The van der Waals surface area contributed by atoms with Gasteiger partial charge in [0.15, 0.2) is 12.2 Å². The molecule has 110 valence electrons. The standard InChI is InChI=1S/C9H11N.C4H6O6/c10-9-6-5-7-3-1-2-4-8(7)9;5-1(3(7)8)2(6)4(9)10/h1-4,9H,5-6,10H2;1-2,5-6H,(H,7,8)(H,9,10). The zero-order chi connectivity index (χ0) is 15.3.